The molecule has 0 spiro atoms. The second-order valence-corrected chi connectivity index (χ2v) is 3.27. The van der Waals surface area contributed by atoms with Gasteiger partial charge in [0.15, 0.2) is 0 Å². The molecule has 0 aliphatic carbocycles. The van der Waals surface area contributed by atoms with Crippen molar-refractivity contribution < 1.29 is 9.90 Å². The molecule has 0 aromatic heterocycles. The van der Waals surface area contributed by atoms with Gasteiger partial charge in [0.25, 0.3) is 0 Å². The van der Waals surface area contributed by atoms with Crippen LogP contribution in [0.4, 0.5) is 0 Å². The number of piperazine rings is 1. The van der Waals surface area contributed by atoms with Crippen molar-refractivity contribution in [3.05, 3.63) is 12.7 Å². The molecule has 13 heavy (non-hydrogen) atoms. The molecule has 2 N–H and O–H groups in total. The SMILES string of the molecule is C=CC(C)N1CCNCC1C(=O)O. The molecule has 0 amide bonds. The Morgan fingerprint density at radius 2 is 2.54 bits per heavy atom. The van der Waals surface area contributed by atoms with Crippen LogP contribution in [0.5, 0.6) is 0 Å². The van der Waals surface area contributed by atoms with Gasteiger partial charge >= 0.3 is 5.97 Å². The number of nitrogens with zero attached hydrogens (tertiary/aromatic N) is 1. The molecule has 1 rings (SSSR count). The lowest BCUT2D eigenvalue weighted by Gasteiger charge is -2.36. The Balaban J connectivity index is 2.66. The Morgan fingerprint density at radius 3 is 3.08 bits per heavy atom. The monoisotopic (exact) mass is 184 g/mol. The standard InChI is InChI=1S/C9H16N2O2/c1-3-7(2)11-5-4-10-6-8(11)9(12)13/h3,7-8,10H,1,4-6H2,2H3,(H,12,13). The van der Waals surface area contributed by atoms with Crippen molar-refractivity contribution in [1.82, 2.24) is 10.2 Å². The lowest BCUT2D eigenvalue weighted by Crippen LogP contribution is -2.57. The number of rotatable bonds is 3. The number of hydrogen-bond acceptors (Lipinski definition) is 3. The zero-order valence-corrected chi connectivity index (χ0v) is 7.86. The van der Waals surface area contributed by atoms with Crippen LogP contribution < -0.4 is 5.32 Å². The van der Waals surface area contributed by atoms with Crippen molar-refractivity contribution in [2.45, 2.75) is 19.0 Å². The molecule has 0 aromatic rings. The average Bonchev–Trinajstić information content (AvgIpc) is 2.16. The minimum Gasteiger partial charge on any atom is -0.480 e. The van der Waals surface area contributed by atoms with Gasteiger partial charge < -0.3 is 10.4 Å². The molecule has 2 unspecified atom stereocenters. The molecular formula is C9H16N2O2. The highest BCUT2D eigenvalue weighted by Crippen LogP contribution is 2.09. The van der Waals surface area contributed by atoms with Crippen LogP contribution in [0.2, 0.25) is 0 Å². The molecule has 2 atom stereocenters. The summed E-state index contributed by atoms with van der Waals surface area (Å²) >= 11 is 0. The van der Waals surface area contributed by atoms with E-state index in [0.717, 1.165) is 13.1 Å². The maximum atomic E-state index is 10.9. The molecule has 4 nitrogen and oxygen atoms in total. The van der Waals surface area contributed by atoms with Gasteiger partial charge in [-0.15, -0.1) is 6.58 Å². The number of carboxylic acids is 1. The van der Waals surface area contributed by atoms with Crippen molar-refractivity contribution in [3.63, 3.8) is 0 Å². The summed E-state index contributed by atoms with van der Waals surface area (Å²) in [5.41, 5.74) is 0. The van der Waals surface area contributed by atoms with E-state index in [2.05, 4.69) is 11.9 Å². The van der Waals surface area contributed by atoms with Crippen LogP contribution in [0.3, 0.4) is 0 Å². The molecule has 0 aromatic carbocycles. The Labute approximate surface area is 78.2 Å². The topological polar surface area (TPSA) is 52.6 Å². The second-order valence-electron chi connectivity index (χ2n) is 3.27. The normalized spacial score (nSPS) is 26.7. The number of carbonyl (C=O) groups is 1. The quantitative estimate of drug-likeness (QED) is 0.602. The molecule has 4 heteroatoms. The lowest BCUT2D eigenvalue weighted by molar-refractivity contribution is -0.144. The summed E-state index contributed by atoms with van der Waals surface area (Å²) in [5.74, 6) is -0.763. The highest BCUT2D eigenvalue weighted by atomic mass is 16.4. The first-order valence-electron chi connectivity index (χ1n) is 4.48. The predicted octanol–water partition coefficient (Wildman–Crippen LogP) is -0.0807. The number of hydrogen-bond donors (Lipinski definition) is 2. The second kappa shape index (κ2) is 4.39. The van der Waals surface area contributed by atoms with E-state index in [-0.39, 0.29) is 6.04 Å². The summed E-state index contributed by atoms with van der Waals surface area (Å²) in [6.07, 6.45) is 1.78. The number of carboxylic acid groups (broad SMARTS) is 1. The maximum Gasteiger partial charge on any atom is 0.322 e. The zero-order valence-electron chi connectivity index (χ0n) is 7.86. The molecule has 0 saturated carbocycles. The van der Waals surface area contributed by atoms with Crippen molar-refractivity contribution in [1.29, 1.82) is 0 Å². The fraction of sp³-hybridized carbons (Fsp3) is 0.667. The lowest BCUT2D eigenvalue weighted by atomic mass is 10.1. The minimum absolute atomic E-state index is 0.128. The third-order valence-corrected chi connectivity index (χ3v) is 2.43. The molecule has 1 fully saturated rings. The third kappa shape index (κ3) is 2.29. The van der Waals surface area contributed by atoms with E-state index in [1.165, 1.54) is 0 Å². The summed E-state index contributed by atoms with van der Waals surface area (Å²) in [6, 6.07) is -0.287. The van der Waals surface area contributed by atoms with Crippen LogP contribution in [0.1, 0.15) is 6.92 Å². The van der Waals surface area contributed by atoms with Crippen LogP contribution in [0.25, 0.3) is 0 Å². The Hall–Kier alpha value is -0.870. The Kier molecular flexibility index (Phi) is 3.45. The van der Waals surface area contributed by atoms with Gasteiger partial charge in [-0.05, 0) is 6.92 Å². The maximum absolute atomic E-state index is 10.9. The van der Waals surface area contributed by atoms with Gasteiger partial charge in [0.2, 0.25) is 0 Å². The predicted molar refractivity (Wildman–Crippen MR) is 50.7 cm³/mol. The van der Waals surface area contributed by atoms with Gasteiger partial charge in [0, 0.05) is 25.7 Å². The molecule has 1 saturated heterocycles. The van der Waals surface area contributed by atoms with Gasteiger partial charge in [-0.3, -0.25) is 9.69 Å². The van der Waals surface area contributed by atoms with E-state index in [0.29, 0.717) is 6.54 Å². The van der Waals surface area contributed by atoms with Crippen molar-refractivity contribution in [3.8, 4) is 0 Å². The van der Waals surface area contributed by atoms with Gasteiger partial charge in [-0.2, -0.15) is 0 Å². The molecule has 0 bridgehead atoms. The van der Waals surface area contributed by atoms with Crippen LogP contribution >= 0.6 is 0 Å². The summed E-state index contributed by atoms with van der Waals surface area (Å²) in [6.45, 7) is 7.78. The fourth-order valence-corrected chi connectivity index (χ4v) is 1.57. The highest BCUT2D eigenvalue weighted by Gasteiger charge is 2.30. The van der Waals surface area contributed by atoms with Crippen LogP contribution in [-0.4, -0.2) is 47.7 Å². The summed E-state index contributed by atoms with van der Waals surface area (Å²) in [4.78, 5) is 12.8. The van der Waals surface area contributed by atoms with Gasteiger partial charge in [-0.25, -0.2) is 0 Å². The van der Waals surface area contributed by atoms with Gasteiger partial charge in [0.05, 0.1) is 0 Å². The number of nitrogens with one attached hydrogen (secondary N) is 1. The summed E-state index contributed by atoms with van der Waals surface area (Å²) in [7, 11) is 0. The molecule has 74 valence electrons. The Bertz CT molecular complexity index is 206. The third-order valence-electron chi connectivity index (χ3n) is 2.43. The van der Waals surface area contributed by atoms with Gasteiger partial charge in [0.1, 0.15) is 6.04 Å². The highest BCUT2D eigenvalue weighted by molar-refractivity contribution is 5.74. The molecular weight excluding hydrogens is 168 g/mol. The fourth-order valence-electron chi connectivity index (χ4n) is 1.57. The first kappa shape index (κ1) is 10.2. The average molecular weight is 184 g/mol. The number of aliphatic carboxylic acids is 1. The van der Waals surface area contributed by atoms with Crippen molar-refractivity contribution in [2.24, 2.45) is 0 Å². The van der Waals surface area contributed by atoms with Crippen LogP contribution in [-0.2, 0) is 4.79 Å². The molecule has 1 heterocycles. The van der Waals surface area contributed by atoms with Crippen LogP contribution in [0, 0.1) is 0 Å². The van der Waals surface area contributed by atoms with Crippen molar-refractivity contribution >= 4 is 5.97 Å². The largest absolute Gasteiger partial charge is 0.480 e. The smallest absolute Gasteiger partial charge is 0.322 e. The van der Waals surface area contributed by atoms with Gasteiger partial charge in [-0.1, -0.05) is 6.08 Å². The van der Waals surface area contributed by atoms with E-state index >= 15 is 0 Å². The molecule has 0 radical (unpaired) electrons. The van der Waals surface area contributed by atoms with E-state index in [4.69, 9.17) is 5.11 Å². The first-order chi connectivity index (χ1) is 6.16. The summed E-state index contributed by atoms with van der Waals surface area (Å²) < 4.78 is 0. The van der Waals surface area contributed by atoms with E-state index in [1.54, 1.807) is 6.08 Å². The Morgan fingerprint density at radius 1 is 1.85 bits per heavy atom. The summed E-state index contributed by atoms with van der Waals surface area (Å²) in [5, 5.41) is 12.0. The van der Waals surface area contributed by atoms with Crippen molar-refractivity contribution in [2.75, 3.05) is 19.6 Å². The zero-order chi connectivity index (χ0) is 9.84. The van der Waals surface area contributed by atoms with E-state index in [1.807, 2.05) is 11.8 Å². The molecule has 1 aliphatic rings. The van der Waals surface area contributed by atoms with Crippen LogP contribution in [0.15, 0.2) is 12.7 Å². The molecule has 1 aliphatic heterocycles. The first-order valence-corrected chi connectivity index (χ1v) is 4.48. The van der Waals surface area contributed by atoms with E-state index in [9.17, 15) is 4.79 Å². The minimum atomic E-state index is -0.763. The van der Waals surface area contributed by atoms with E-state index < -0.39 is 12.0 Å².